The van der Waals surface area contributed by atoms with E-state index in [1.807, 2.05) is 0 Å². The SMILES string of the molecule is CCCCCCCCCCOC(=O)OCSP(OC)(OC[C@@H]1CCCO1)=C1CCC1. The van der Waals surface area contributed by atoms with Gasteiger partial charge in [0.25, 0.3) is 0 Å². The summed E-state index contributed by atoms with van der Waals surface area (Å²) >= 11 is 1.47. The summed E-state index contributed by atoms with van der Waals surface area (Å²) in [6.07, 6.45) is 14.6. The van der Waals surface area contributed by atoms with Crippen molar-refractivity contribution in [3.8, 4) is 0 Å². The van der Waals surface area contributed by atoms with Crippen LogP contribution in [-0.4, -0.2) is 50.4 Å². The standard InChI is InChI=1S/C22H41O6PS/c1-3-4-5-6-7-8-9-10-16-26-22(23)27-19-30-29(24-2,21-14-11-15-21)28-18-20-13-12-17-25-20/h20H,3-19H2,1-2H3/t20-,29?/m0/s1. The van der Waals surface area contributed by atoms with E-state index in [1.54, 1.807) is 7.11 Å². The summed E-state index contributed by atoms with van der Waals surface area (Å²) < 4.78 is 28.3. The van der Waals surface area contributed by atoms with E-state index in [1.165, 1.54) is 61.6 Å². The molecule has 1 saturated carbocycles. The zero-order chi connectivity index (χ0) is 21.5. The number of rotatable bonds is 16. The molecule has 30 heavy (non-hydrogen) atoms. The van der Waals surface area contributed by atoms with Gasteiger partial charge in [-0.15, -0.1) is 0 Å². The molecule has 0 N–H and O–H groups in total. The van der Waals surface area contributed by atoms with E-state index in [9.17, 15) is 4.79 Å². The number of hydrogen-bond acceptors (Lipinski definition) is 7. The maximum Gasteiger partial charge on any atom is 0.509 e. The fraction of sp³-hybridized carbons (Fsp3) is 0.909. The van der Waals surface area contributed by atoms with Crippen molar-refractivity contribution in [1.82, 2.24) is 0 Å². The molecule has 6 nitrogen and oxygen atoms in total. The Morgan fingerprint density at radius 3 is 2.40 bits per heavy atom. The average Bonchev–Trinajstić information content (AvgIpc) is 3.23. The molecule has 8 heteroatoms. The van der Waals surface area contributed by atoms with Gasteiger partial charge in [0.05, 0.1) is 19.3 Å². The molecule has 1 aliphatic heterocycles. The topological polar surface area (TPSA) is 63.2 Å². The monoisotopic (exact) mass is 464 g/mol. The van der Waals surface area contributed by atoms with Gasteiger partial charge in [-0.25, -0.2) is 4.79 Å². The van der Waals surface area contributed by atoms with Crippen LogP contribution in [0.15, 0.2) is 0 Å². The van der Waals surface area contributed by atoms with Crippen LogP contribution in [0.1, 0.15) is 90.4 Å². The summed E-state index contributed by atoms with van der Waals surface area (Å²) in [7, 11) is 1.70. The second-order valence-corrected chi connectivity index (χ2v) is 13.0. The summed E-state index contributed by atoms with van der Waals surface area (Å²) in [4.78, 5) is 11.9. The number of hydrogen-bond donors (Lipinski definition) is 0. The van der Waals surface area contributed by atoms with E-state index in [4.69, 9.17) is 23.3 Å². The Morgan fingerprint density at radius 2 is 1.80 bits per heavy atom. The zero-order valence-electron chi connectivity index (χ0n) is 18.9. The van der Waals surface area contributed by atoms with Crippen LogP contribution < -0.4 is 0 Å². The van der Waals surface area contributed by atoms with Gasteiger partial charge >= 0.3 is 6.16 Å². The smallest absolute Gasteiger partial charge is 0.434 e. The first-order valence-electron chi connectivity index (χ1n) is 11.7. The fourth-order valence-corrected chi connectivity index (χ4v) is 8.41. The minimum atomic E-state index is -2.22. The quantitative estimate of drug-likeness (QED) is 0.106. The first-order valence-corrected chi connectivity index (χ1v) is 14.9. The average molecular weight is 465 g/mol. The maximum absolute atomic E-state index is 11.9. The summed E-state index contributed by atoms with van der Waals surface area (Å²) in [5.74, 6) is 0.187. The molecule has 0 aromatic rings. The molecule has 1 aliphatic carbocycles. The Kier molecular flexibility index (Phi) is 13.5. The molecule has 0 radical (unpaired) electrons. The predicted molar refractivity (Wildman–Crippen MR) is 125 cm³/mol. The lowest BCUT2D eigenvalue weighted by Gasteiger charge is -2.32. The highest BCUT2D eigenvalue weighted by molar-refractivity contribution is 8.58. The lowest BCUT2D eigenvalue weighted by atomic mass is 10.0. The lowest BCUT2D eigenvalue weighted by molar-refractivity contribution is 0.0661. The molecule has 1 heterocycles. The zero-order valence-corrected chi connectivity index (χ0v) is 20.6. The van der Waals surface area contributed by atoms with Crippen LogP contribution in [0.25, 0.3) is 0 Å². The third-order valence-corrected chi connectivity index (χ3v) is 11.3. The molecule has 0 bridgehead atoms. The molecule has 0 amide bonds. The molecule has 1 saturated heterocycles. The van der Waals surface area contributed by atoms with E-state index < -0.39 is 12.7 Å². The Bertz CT molecular complexity index is 530. The van der Waals surface area contributed by atoms with Gasteiger partial charge in [0.1, 0.15) is 5.94 Å². The molecular weight excluding hydrogens is 423 g/mol. The van der Waals surface area contributed by atoms with Gasteiger partial charge in [-0.2, -0.15) is 0 Å². The van der Waals surface area contributed by atoms with Crippen LogP contribution in [-0.2, 0) is 23.3 Å². The van der Waals surface area contributed by atoms with Gasteiger partial charge in [0.2, 0.25) is 0 Å². The van der Waals surface area contributed by atoms with Crippen LogP contribution in [0.2, 0.25) is 0 Å². The van der Waals surface area contributed by atoms with Crippen molar-refractivity contribution < 1.29 is 28.1 Å². The number of ether oxygens (including phenoxy) is 3. The molecule has 176 valence electrons. The summed E-state index contributed by atoms with van der Waals surface area (Å²) in [5.41, 5.74) is 0. The second kappa shape index (κ2) is 15.6. The van der Waals surface area contributed by atoms with Crippen LogP contribution >= 0.6 is 17.9 Å². The molecule has 2 atom stereocenters. The Morgan fingerprint density at radius 1 is 1.07 bits per heavy atom. The van der Waals surface area contributed by atoms with Crippen molar-refractivity contribution in [3.05, 3.63) is 0 Å². The van der Waals surface area contributed by atoms with Gasteiger partial charge in [0, 0.05) is 13.7 Å². The normalized spacial score (nSPS) is 20.6. The Hall–Kier alpha value is -0.200. The van der Waals surface area contributed by atoms with Crippen molar-refractivity contribution in [2.24, 2.45) is 0 Å². The van der Waals surface area contributed by atoms with Crippen LogP contribution in [0.5, 0.6) is 0 Å². The minimum Gasteiger partial charge on any atom is -0.434 e. The summed E-state index contributed by atoms with van der Waals surface area (Å²) in [6, 6.07) is 0. The second-order valence-electron chi connectivity index (χ2n) is 8.00. The van der Waals surface area contributed by atoms with Crippen molar-refractivity contribution in [3.63, 3.8) is 0 Å². The van der Waals surface area contributed by atoms with E-state index in [0.717, 1.165) is 45.1 Å². The number of carbonyl (C=O) groups is 1. The van der Waals surface area contributed by atoms with Gasteiger partial charge < -0.3 is 23.3 Å². The first-order chi connectivity index (χ1) is 14.7. The van der Waals surface area contributed by atoms with Crippen LogP contribution in [0, 0.1) is 0 Å². The van der Waals surface area contributed by atoms with E-state index >= 15 is 0 Å². The molecule has 2 aliphatic rings. The largest absolute Gasteiger partial charge is 0.509 e. The molecule has 1 unspecified atom stereocenters. The van der Waals surface area contributed by atoms with Crippen LogP contribution in [0.4, 0.5) is 4.79 Å². The van der Waals surface area contributed by atoms with E-state index in [0.29, 0.717) is 13.2 Å². The molecule has 0 aromatic heterocycles. The van der Waals surface area contributed by atoms with E-state index in [-0.39, 0.29) is 12.0 Å². The molecule has 0 spiro atoms. The van der Waals surface area contributed by atoms with Gasteiger partial charge in [0.15, 0.2) is 6.54 Å². The molecule has 2 rings (SSSR count). The van der Waals surface area contributed by atoms with Crippen molar-refractivity contribution in [2.45, 2.75) is 96.5 Å². The maximum atomic E-state index is 11.9. The number of carbonyl (C=O) groups excluding carboxylic acids is 1. The first kappa shape index (κ1) is 26.1. The van der Waals surface area contributed by atoms with Gasteiger partial charge in [-0.3, -0.25) is 0 Å². The van der Waals surface area contributed by atoms with Crippen molar-refractivity contribution in [2.75, 3.05) is 32.9 Å². The molecule has 0 aromatic carbocycles. The third-order valence-electron chi connectivity index (χ3n) is 5.63. The van der Waals surface area contributed by atoms with Crippen molar-refractivity contribution in [1.29, 1.82) is 0 Å². The van der Waals surface area contributed by atoms with Gasteiger partial charge in [-0.1, -0.05) is 51.9 Å². The Labute approximate surface area is 187 Å². The Balaban J connectivity index is 1.60. The number of unbranched alkanes of at least 4 members (excludes halogenated alkanes) is 7. The highest BCUT2D eigenvalue weighted by Crippen LogP contribution is 2.65. The third kappa shape index (κ3) is 9.52. The van der Waals surface area contributed by atoms with Gasteiger partial charge in [-0.05, 0) is 55.2 Å². The highest BCUT2D eigenvalue weighted by Gasteiger charge is 2.31. The molecule has 2 fully saturated rings. The summed E-state index contributed by atoms with van der Waals surface area (Å²) in [6.45, 7) is 1.79. The fourth-order valence-electron chi connectivity index (χ4n) is 3.60. The minimum absolute atomic E-state index is 0.151. The van der Waals surface area contributed by atoms with Crippen LogP contribution in [0.3, 0.4) is 0 Å². The van der Waals surface area contributed by atoms with E-state index in [2.05, 4.69) is 6.92 Å². The lowest BCUT2D eigenvalue weighted by Crippen LogP contribution is -2.18. The predicted octanol–water partition coefficient (Wildman–Crippen LogP) is 6.93. The summed E-state index contributed by atoms with van der Waals surface area (Å²) in [5, 5.41) is 1.32. The molecular formula is C22H41O6PS. The van der Waals surface area contributed by atoms with Crippen molar-refractivity contribution >= 4 is 29.4 Å². The highest BCUT2D eigenvalue weighted by atomic mass is 32.7.